The molecule has 220 valence electrons. The average molecular weight is 560 g/mol. The number of piperidine rings is 2. The third-order valence-electron chi connectivity index (χ3n) is 12.1. The lowest BCUT2D eigenvalue weighted by Gasteiger charge is -2.48. The Balaban J connectivity index is 1.17. The lowest BCUT2D eigenvalue weighted by atomic mass is 9.71. The fourth-order valence-electron chi connectivity index (χ4n) is 8.32. The van der Waals surface area contributed by atoms with Crippen LogP contribution < -0.4 is 10.4 Å². The van der Waals surface area contributed by atoms with E-state index >= 15 is 0 Å². The summed E-state index contributed by atoms with van der Waals surface area (Å²) in [5.41, 5.74) is 2.31. The number of anilines is 1. The molecular formula is C33H46BN3O4. The first-order valence-electron chi connectivity index (χ1n) is 15.9. The molecule has 41 heavy (non-hydrogen) atoms. The molecule has 2 amide bonds. The highest BCUT2D eigenvalue weighted by atomic mass is 16.7. The minimum Gasteiger partial charge on any atom is -0.399 e. The SMILES string of the molecule is C=C(CC)C(=O)N1CCC2(CC1)C(=O)N(C1CC(N3C[C@H]4CC4[C@@H]3C)C1)c1cc(B3OC(C)(C)C(C)(C)O3)ccc12. The minimum atomic E-state index is -0.582. The molecular weight excluding hydrogens is 513 g/mol. The molecule has 1 unspecified atom stereocenters. The van der Waals surface area contributed by atoms with Gasteiger partial charge in [-0.2, -0.15) is 0 Å². The van der Waals surface area contributed by atoms with Crippen LogP contribution in [-0.4, -0.2) is 77.7 Å². The summed E-state index contributed by atoms with van der Waals surface area (Å²) in [6.07, 6.45) is 5.42. The molecule has 3 saturated heterocycles. The molecule has 5 fully saturated rings. The maximum absolute atomic E-state index is 14.6. The molecule has 6 aliphatic rings. The predicted molar refractivity (Wildman–Crippen MR) is 161 cm³/mol. The van der Waals surface area contributed by atoms with Crippen molar-refractivity contribution in [3.8, 4) is 0 Å². The molecule has 2 saturated carbocycles. The molecule has 4 aliphatic heterocycles. The monoisotopic (exact) mass is 559 g/mol. The van der Waals surface area contributed by atoms with E-state index in [0.717, 1.165) is 41.4 Å². The first kappa shape index (κ1) is 27.7. The maximum Gasteiger partial charge on any atom is 0.494 e. The normalized spacial score (nSPS) is 34.5. The van der Waals surface area contributed by atoms with Gasteiger partial charge in [-0.05, 0) is 102 Å². The summed E-state index contributed by atoms with van der Waals surface area (Å²) >= 11 is 0. The van der Waals surface area contributed by atoms with Crippen molar-refractivity contribution in [1.29, 1.82) is 0 Å². The lowest BCUT2D eigenvalue weighted by molar-refractivity contribution is -0.133. The number of rotatable bonds is 5. The molecule has 0 N–H and O–H groups in total. The van der Waals surface area contributed by atoms with Gasteiger partial charge in [0.25, 0.3) is 0 Å². The van der Waals surface area contributed by atoms with Gasteiger partial charge in [0, 0.05) is 49.0 Å². The van der Waals surface area contributed by atoms with Crippen LogP contribution in [-0.2, 0) is 24.3 Å². The molecule has 1 spiro atoms. The largest absolute Gasteiger partial charge is 0.494 e. The zero-order valence-electron chi connectivity index (χ0n) is 25.7. The van der Waals surface area contributed by atoms with E-state index in [-0.39, 0.29) is 17.9 Å². The molecule has 3 atom stereocenters. The average Bonchev–Trinajstić information content (AvgIpc) is 3.51. The van der Waals surface area contributed by atoms with Gasteiger partial charge in [0.2, 0.25) is 11.8 Å². The van der Waals surface area contributed by atoms with Crippen LogP contribution in [0.1, 0.15) is 85.6 Å². The van der Waals surface area contributed by atoms with E-state index in [9.17, 15) is 9.59 Å². The number of hydrogen-bond donors (Lipinski definition) is 0. The quantitative estimate of drug-likeness (QED) is 0.403. The smallest absolute Gasteiger partial charge is 0.399 e. The van der Waals surface area contributed by atoms with Gasteiger partial charge in [-0.1, -0.05) is 25.6 Å². The molecule has 7 nitrogen and oxygen atoms in total. The van der Waals surface area contributed by atoms with E-state index in [1.54, 1.807) is 0 Å². The second-order valence-corrected chi connectivity index (χ2v) is 14.7. The highest BCUT2D eigenvalue weighted by Crippen LogP contribution is 2.54. The van der Waals surface area contributed by atoms with Crippen LogP contribution in [0.3, 0.4) is 0 Å². The zero-order chi connectivity index (χ0) is 29.1. The summed E-state index contributed by atoms with van der Waals surface area (Å²) < 4.78 is 12.8. The number of benzene rings is 1. The second kappa shape index (κ2) is 9.17. The molecule has 0 aromatic heterocycles. The fraction of sp³-hybridized carbons (Fsp3) is 0.697. The highest BCUT2D eigenvalue weighted by Gasteiger charge is 2.59. The number of hydrogen-bond acceptors (Lipinski definition) is 5. The van der Waals surface area contributed by atoms with Gasteiger partial charge >= 0.3 is 7.12 Å². The van der Waals surface area contributed by atoms with Crippen LogP contribution in [0, 0.1) is 11.8 Å². The Labute approximate surface area is 245 Å². The Kier molecular flexibility index (Phi) is 6.19. The summed E-state index contributed by atoms with van der Waals surface area (Å²) in [6.45, 7) is 19.0. The number of fused-ring (bicyclic) bond motifs is 3. The van der Waals surface area contributed by atoms with Crippen molar-refractivity contribution in [3.05, 3.63) is 35.9 Å². The summed E-state index contributed by atoms with van der Waals surface area (Å²) in [7, 11) is -0.468. The van der Waals surface area contributed by atoms with E-state index in [2.05, 4.69) is 69.2 Å². The summed E-state index contributed by atoms with van der Waals surface area (Å²) in [6, 6.07) is 7.87. The molecule has 2 aliphatic carbocycles. The van der Waals surface area contributed by atoms with Gasteiger partial charge in [0.1, 0.15) is 0 Å². The van der Waals surface area contributed by atoms with E-state index in [4.69, 9.17) is 9.31 Å². The van der Waals surface area contributed by atoms with E-state index in [1.165, 1.54) is 13.0 Å². The van der Waals surface area contributed by atoms with Gasteiger partial charge in [-0.15, -0.1) is 0 Å². The first-order chi connectivity index (χ1) is 19.4. The minimum absolute atomic E-state index is 0.0283. The van der Waals surface area contributed by atoms with Crippen molar-refractivity contribution in [2.24, 2.45) is 11.8 Å². The fourth-order valence-corrected chi connectivity index (χ4v) is 8.32. The van der Waals surface area contributed by atoms with Crippen molar-refractivity contribution in [2.45, 2.75) is 115 Å². The van der Waals surface area contributed by atoms with Gasteiger partial charge in [-0.3, -0.25) is 14.5 Å². The van der Waals surface area contributed by atoms with Crippen LogP contribution in [0.25, 0.3) is 0 Å². The standard InChI is InChI=1S/C33H46BN3O4/c1-8-20(2)29(38)35-13-11-33(12-14-35)27-10-9-23(34-40-31(4,5)32(6,7)41-34)16-28(27)37(30(33)39)25-17-24(18-25)36-19-22-15-26(22)21(36)3/h9-10,16,21-22,24-26H,2,8,11-15,17-19H2,1,3-7H3/t21-,22+,24?,25?,26?/m0/s1. The predicted octanol–water partition coefficient (Wildman–Crippen LogP) is 4.03. The number of carbonyl (C=O) groups is 2. The van der Waals surface area contributed by atoms with Gasteiger partial charge in [0.05, 0.1) is 16.6 Å². The second-order valence-electron chi connectivity index (χ2n) is 14.7. The molecule has 0 bridgehead atoms. The third-order valence-corrected chi connectivity index (χ3v) is 12.1. The van der Waals surface area contributed by atoms with Gasteiger partial charge < -0.3 is 19.1 Å². The third kappa shape index (κ3) is 4.03. The molecule has 1 aromatic carbocycles. The first-order valence-corrected chi connectivity index (χ1v) is 15.9. The number of nitrogens with zero attached hydrogens (tertiary/aromatic N) is 3. The Morgan fingerprint density at radius 1 is 1.05 bits per heavy atom. The van der Waals surface area contributed by atoms with Crippen LogP contribution in [0.4, 0.5) is 5.69 Å². The lowest BCUT2D eigenvalue weighted by Crippen LogP contribution is -2.58. The van der Waals surface area contributed by atoms with Crippen molar-refractivity contribution < 1.29 is 18.9 Å². The molecule has 7 rings (SSSR count). The number of carbonyl (C=O) groups excluding carboxylic acids is 2. The van der Waals surface area contributed by atoms with Crippen LogP contribution in [0.15, 0.2) is 30.4 Å². The van der Waals surface area contributed by atoms with E-state index < -0.39 is 23.7 Å². The summed E-state index contributed by atoms with van der Waals surface area (Å²) in [5, 5.41) is 0. The maximum atomic E-state index is 14.6. The summed E-state index contributed by atoms with van der Waals surface area (Å²) in [4.78, 5) is 34.2. The molecule has 0 radical (unpaired) electrons. The zero-order valence-corrected chi connectivity index (χ0v) is 25.7. The van der Waals surface area contributed by atoms with E-state index in [0.29, 0.717) is 50.0 Å². The Hall–Kier alpha value is -2.16. The number of amides is 2. The van der Waals surface area contributed by atoms with Crippen LogP contribution in [0.5, 0.6) is 0 Å². The van der Waals surface area contributed by atoms with E-state index in [1.807, 2.05) is 11.8 Å². The topological polar surface area (TPSA) is 62.3 Å². The Morgan fingerprint density at radius 3 is 2.29 bits per heavy atom. The molecule has 4 heterocycles. The van der Waals surface area contributed by atoms with Crippen molar-refractivity contribution in [2.75, 3.05) is 24.5 Å². The van der Waals surface area contributed by atoms with Crippen LogP contribution >= 0.6 is 0 Å². The summed E-state index contributed by atoms with van der Waals surface area (Å²) in [5.74, 6) is 2.05. The van der Waals surface area contributed by atoms with Gasteiger partial charge in [-0.25, -0.2) is 0 Å². The number of likely N-dealkylation sites (tertiary alicyclic amines) is 2. The van der Waals surface area contributed by atoms with Crippen molar-refractivity contribution in [3.63, 3.8) is 0 Å². The Bertz CT molecular complexity index is 1280. The van der Waals surface area contributed by atoms with Gasteiger partial charge in [0.15, 0.2) is 0 Å². The highest BCUT2D eigenvalue weighted by molar-refractivity contribution is 6.62. The van der Waals surface area contributed by atoms with Crippen molar-refractivity contribution >= 4 is 30.1 Å². The molecule has 1 aromatic rings. The van der Waals surface area contributed by atoms with Crippen molar-refractivity contribution in [1.82, 2.24) is 9.80 Å². The Morgan fingerprint density at radius 2 is 1.71 bits per heavy atom. The van der Waals surface area contributed by atoms with Crippen LogP contribution in [0.2, 0.25) is 0 Å². The molecule has 8 heteroatoms.